The molecule has 1 aromatic carbocycles. The molecule has 0 saturated carbocycles. The lowest BCUT2D eigenvalue weighted by Crippen LogP contribution is -2.48. The molecule has 1 amide bonds. The lowest BCUT2D eigenvalue weighted by molar-refractivity contribution is -0.129. The van der Waals surface area contributed by atoms with Crippen molar-refractivity contribution in [3.05, 3.63) is 35.9 Å². The van der Waals surface area contributed by atoms with E-state index in [0.29, 0.717) is 25.5 Å². The van der Waals surface area contributed by atoms with E-state index < -0.39 is 0 Å². The predicted molar refractivity (Wildman–Crippen MR) is 113 cm³/mol. The van der Waals surface area contributed by atoms with E-state index in [1.54, 1.807) is 11.4 Å². The summed E-state index contributed by atoms with van der Waals surface area (Å²) in [7, 11) is 0. The van der Waals surface area contributed by atoms with Crippen molar-refractivity contribution < 1.29 is 9.53 Å². The first-order valence-corrected chi connectivity index (χ1v) is 10.1. The van der Waals surface area contributed by atoms with Crippen LogP contribution in [0.2, 0.25) is 0 Å². The van der Waals surface area contributed by atoms with Crippen LogP contribution in [0.5, 0.6) is 5.75 Å². The quantitative estimate of drug-likeness (QED) is 0.656. The summed E-state index contributed by atoms with van der Waals surface area (Å²) in [6.07, 6.45) is 0. The fraction of sp³-hybridized carbons (Fsp3) is 0.450. The third-order valence-electron chi connectivity index (χ3n) is 5.27. The summed E-state index contributed by atoms with van der Waals surface area (Å²) in [6.45, 7) is 9.10. The molecule has 10 nitrogen and oxygen atoms in total. The fourth-order valence-electron chi connectivity index (χ4n) is 3.57. The van der Waals surface area contributed by atoms with Gasteiger partial charge in [0.25, 0.3) is 5.78 Å². The highest BCUT2D eigenvalue weighted by Gasteiger charge is 2.21. The number of hydrogen-bond acceptors (Lipinski definition) is 8. The molecule has 158 valence electrons. The molecule has 0 spiro atoms. The number of carbonyl (C=O) groups excluding carboxylic acids is 1. The molecule has 1 fully saturated rings. The average molecular weight is 410 g/mol. The summed E-state index contributed by atoms with van der Waals surface area (Å²) in [5.41, 5.74) is 1.12. The van der Waals surface area contributed by atoms with Crippen LogP contribution in [0, 0.1) is 0 Å². The predicted octanol–water partition coefficient (Wildman–Crippen LogP) is 1.76. The molecular weight excluding hydrogens is 384 g/mol. The molecule has 1 saturated heterocycles. The van der Waals surface area contributed by atoms with Gasteiger partial charge in [0.15, 0.2) is 0 Å². The number of nitrogens with one attached hydrogen (secondary N) is 1. The number of fused-ring (bicyclic) bond motifs is 1. The Kier molecular flexibility index (Phi) is 5.64. The van der Waals surface area contributed by atoms with Crippen LogP contribution in [-0.2, 0) is 4.79 Å². The van der Waals surface area contributed by atoms with E-state index in [9.17, 15) is 4.79 Å². The minimum Gasteiger partial charge on any atom is -0.494 e. The van der Waals surface area contributed by atoms with Crippen LogP contribution in [0.3, 0.4) is 0 Å². The Labute approximate surface area is 174 Å². The minimum atomic E-state index is 0.0258. The molecule has 0 radical (unpaired) electrons. The van der Waals surface area contributed by atoms with Crippen LogP contribution < -0.4 is 15.0 Å². The highest BCUT2D eigenvalue weighted by atomic mass is 16.5. The van der Waals surface area contributed by atoms with Crippen LogP contribution >= 0.6 is 0 Å². The monoisotopic (exact) mass is 410 g/mol. The minimum absolute atomic E-state index is 0.0258. The number of aromatic nitrogens is 5. The van der Waals surface area contributed by atoms with Gasteiger partial charge in [-0.15, -0.1) is 0 Å². The third kappa shape index (κ3) is 4.12. The number of carbonyl (C=O) groups is 1. The van der Waals surface area contributed by atoms with Crippen molar-refractivity contribution in [2.75, 3.05) is 43.0 Å². The molecule has 3 heterocycles. The first-order valence-electron chi connectivity index (χ1n) is 10.1. The molecule has 0 aliphatic carbocycles. The second kappa shape index (κ2) is 8.52. The maximum atomic E-state index is 11.6. The van der Waals surface area contributed by atoms with Gasteiger partial charge in [-0.25, -0.2) is 0 Å². The molecule has 0 bridgehead atoms. The smallest absolute Gasteiger partial charge is 0.277 e. The first-order chi connectivity index (χ1) is 14.5. The number of rotatable bonds is 6. The normalized spacial score (nSPS) is 15.3. The largest absolute Gasteiger partial charge is 0.494 e. The molecule has 2 aromatic heterocycles. The Morgan fingerprint density at radius 3 is 2.60 bits per heavy atom. The van der Waals surface area contributed by atoms with Crippen molar-refractivity contribution in [1.29, 1.82) is 0 Å². The van der Waals surface area contributed by atoms with E-state index in [1.807, 2.05) is 42.2 Å². The molecule has 3 aromatic rings. The van der Waals surface area contributed by atoms with Crippen molar-refractivity contribution in [3.63, 3.8) is 0 Å². The number of ether oxygens (including phenoxy) is 1. The Morgan fingerprint density at radius 2 is 1.93 bits per heavy atom. The zero-order valence-electron chi connectivity index (χ0n) is 17.4. The van der Waals surface area contributed by atoms with Crippen LogP contribution in [0.1, 0.15) is 32.4 Å². The lowest BCUT2D eigenvalue weighted by Gasteiger charge is -2.35. The summed E-state index contributed by atoms with van der Waals surface area (Å²) in [6, 6.07) is 10.0. The molecule has 4 rings (SSSR count). The van der Waals surface area contributed by atoms with Gasteiger partial charge in [0.1, 0.15) is 17.4 Å². The van der Waals surface area contributed by atoms with E-state index in [4.69, 9.17) is 4.74 Å². The summed E-state index contributed by atoms with van der Waals surface area (Å²) in [5.74, 6) is 2.94. The molecule has 1 atom stereocenters. The number of piperazine rings is 1. The number of anilines is 2. The Hall–Kier alpha value is -3.43. The van der Waals surface area contributed by atoms with Crippen molar-refractivity contribution in [3.8, 4) is 5.75 Å². The maximum absolute atomic E-state index is 11.6. The summed E-state index contributed by atoms with van der Waals surface area (Å²) in [5, 5.41) is 15.4. The van der Waals surface area contributed by atoms with Crippen molar-refractivity contribution in [2.45, 2.75) is 26.8 Å². The molecule has 0 unspecified atom stereocenters. The zero-order valence-corrected chi connectivity index (χ0v) is 17.4. The molecular formula is C20H26N8O2. The number of nitrogens with zero attached hydrogens (tertiary/aromatic N) is 7. The van der Waals surface area contributed by atoms with Crippen LogP contribution in [0.15, 0.2) is 30.3 Å². The van der Waals surface area contributed by atoms with Crippen molar-refractivity contribution >= 4 is 23.3 Å². The van der Waals surface area contributed by atoms with E-state index >= 15 is 0 Å². The Balaban J connectivity index is 1.55. The van der Waals surface area contributed by atoms with Crippen molar-refractivity contribution in [2.24, 2.45) is 0 Å². The van der Waals surface area contributed by atoms with Gasteiger partial charge in [-0.2, -0.15) is 9.50 Å². The summed E-state index contributed by atoms with van der Waals surface area (Å²) < 4.78 is 7.12. The van der Waals surface area contributed by atoms with E-state index in [2.05, 4.69) is 37.6 Å². The average Bonchev–Trinajstić information content (AvgIpc) is 3.23. The third-order valence-corrected chi connectivity index (χ3v) is 5.27. The number of tetrazole rings is 1. The van der Waals surface area contributed by atoms with Crippen LogP contribution in [0.25, 0.3) is 5.78 Å². The van der Waals surface area contributed by atoms with Gasteiger partial charge in [-0.3, -0.25) is 4.79 Å². The second-order valence-electron chi connectivity index (χ2n) is 7.25. The van der Waals surface area contributed by atoms with E-state index in [1.165, 1.54) is 0 Å². The molecule has 1 N–H and O–H groups in total. The summed E-state index contributed by atoms with van der Waals surface area (Å²) >= 11 is 0. The van der Waals surface area contributed by atoms with Gasteiger partial charge in [0, 0.05) is 45.2 Å². The fourth-order valence-corrected chi connectivity index (χ4v) is 3.57. The number of hydrogen-bond donors (Lipinski definition) is 1. The topological polar surface area (TPSA) is 101 Å². The van der Waals surface area contributed by atoms with Crippen molar-refractivity contribution in [1.82, 2.24) is 29.9 Å². The second-order valence-corrected chi connectivity index (χ2v) is 7.25. The highest BCUT2D eigenvalue weighted by molar-refractivity contribution is 5.73. The van der Waals surface area contributed by atoms with Crippen LogP contribution in [-0.4, -0.2) is 68.6 Å². The lowest BCUT2D eigenvalue weighted by atomic mass is 10.1. The number of amides is 1. The highest BCUT2D eigenvalue weighted by Crippen LogP contribution is 2.25. The number of benzene rings is 1. The van der Waals surface area contributed by atoms with Gasteiger partial charge >= 0.3 is 0 Å². The van der Waals surface area contributed by atoms with Gasteiger partial charge in [-0.1, -0.05) is 17.2 Å². The van der Waals surface area contributed by atoms with Gasteiger partial charge in [0.2, 0.25) is 5.91 Å². The molecule has 1 aliphatic rings. The summed E-state index contributed by atoms with van der Waals surface area (Å²) in [4.78, 5) is 20.2. The SMILES string of the molecule is CCOc1ccc([C@@H](C)Nc2cc(N3CCN(C(C)=O)CC3)nc3nnnn23)cc1. The Bertz CT molecular complexity index is 1010. The Morgan fingerprint density at radius 1 is 1.20 bits per heavy atom. The van der Waals surface area contributed by atoms with Gasteiger partial charge in [-0.05, 0) is 42.0 Å². The molecule has 10 heteroatoms. The maximum Gasteiger partial charge on any atom is 0.277 e. The standard InChI is InChI=1S/C20H26N8O2/c1-4-30-17-7-5-16(6-8-17)14(2)21-19-13-18(22-20-23-24-25-28(19)20)27-11-9-26(10-12-27)15(3)29/h5-8,13-14,21H,4,9-12H2,1-3H3/t14-/m1/s1. The molecule has 30 heavy (non-hydrogen) atoms. The zero-order chi connectivity index (χ0) is 21.1. The molecule has 1 aliphatic heterocycles. The van der Waals surface area contributed by atoms with E-state index in [0.717, 1.165) is 36.0 Å². The van der Waals surface area contributed by atoms with Crippen LogP contribution in [0.4, 0.5) is 11.6 Å². The van der Waals surface area contributed by atoms with E-state index in [-0.39, 0.29) is 11.9 Å². The van der Waals surface area contributed by atoms with Gasteiger partial charge in [0.05, 0.1) is 6.61 Å². The van der Waals surface area contributed by atoms with Gasteiger partial charge < -0.3 is 19.9 Å². The first kappa shape index (κ1) is 19.9.